The van der Waals surface area contributed by atoms with Gasteiger partial charge in [-0.15, -0.1) is 0 Å². The van der Waals surface area contributed by atoms with Crippen molar-refractivity contribution in [2.24, 2.45) is 0 Å². The maximum atomic E-state index is 11.2. The van der Waals surface area contributed by atoms with E-state index in [1.165, 1.54) is 0 Å². The van der Waals surface area contributed by atoms with Crippen LogP contribution in [0.1, 0.15) is 16.1 Å². The number of carboxylic acids is 1. The van der Waals surface area contributed by atoms with Crippen LogP contribution >= 0.6 is 0 Å². The van der Waals surface area contributed by atoms with Gasteiger partial charge in [-0.05, 0) is 17.5 Å². The zero-order chi connectivity index (χ0) is 14.8. The molecule has 0 amide bonds. The molecular weight excluding hydrogens is 268 g/mol. The minimum Gasteiger partial charge on any atom is -0.477 e. The van der Waals surface area contributed by atoms with Crippen LogP contribution in [0.2, 0.25) is 0 Å². The molecule has 2 aromatic heterocycles. The molecule has 0 spiro atoms. The summed E-state index contributed by atoms with van der Waals surface area (Å²) in [6.45, 7) is 0.594. The maximum absolute atomic E-state index is 11.2. The molecule has 5 nitrogen and oxygen atoms in total. The summed E-state index contributed by atoms with van der Waals surface area (Å²) >= 11 is 0. The summed E-state index contributed by atoms with van der Waals surface area (Å²) in [6.07, 6.45) is 3.28. The van der Waals surface area contributed by atoms with Crippen LogP contribution in [0, 0.1) is 0 Å². The zero-order valence-electron chi connectivity index (χ0n) is 11.5. The summed E-state index contributed by atoms with van der Waals surface area (Å²) in [5.41, 5.74) is 1.05. The van der Waals surface area contributed by atoms with Crippen LogP contribution in [0.25, 0.3) is 10.8 Å². The standard InChI is InChI=1S/C16H14N2O3/c1-18(9-11-6-7-21-10-11)15-13-5-3-2-4-12(13)8-14(17-15)16(19)20/h2-8,10H,9H2,1H3,(H,19,20). The average Bonchev–Trinajstić information content (AvgIpc) is 2.98. The highest BCUT2D eigenvalue weighted by atomic mass is 16.4. The topological polar surface area (TPSA) is 66.6 Å². The van der Waals surface area contributed by atoms with Gasteiger partial charge in [-0.3, -0.25) is 0 Å². The van der Waals surface area contributed by atoms with Crippen molar-refractivity contribution in [3.63, 3.8) is 0 Å². The van der Waals surface area contributed by atoms with Gasteiger partial charge in [0.1, 0.15) is 5.82 Å². The summed E-state index contributed by atoms with van der Waals surface area (Å²) in [6, 6.07) is 11.1. The van der Waals surface area contributed by atoms with E-state index < -0.39 is 5.97 Å². The lowest BCUT2D eigenvalue weighted by atomic mass is 10.1. The highest BCUT2D eigenvalue weighted by Gasteiger charge is 2.14. The second-order valence-electron chi connectivity index (χ2n) is 4.85. The molecule has 3 rings (SSSR count). The number of aromatic nitrogens is 1. The Hall–Kier alpha value is -2.82. The van der Waals surface area contributed by atoms with Gasteiger partial charge in [-0.25, -0.2) is 9.78 Å². The van der Waals surface area contributed by atoms with E-state index in [-0.39, 0.29) is 5.69 Å². The van der Waals surface area contributed by atoms with Crippen molar-refractivity contribution in [3.05, 3.63) is 60.2 Å². The molecule has 1 aromatic carbocycles. The van der Waals surface area contributed by atoms with Crippen molar-refractivity contribution in [2.75, 3.05) is 11.9 Å². The van der Waals surface area contributed by atoms with E-state index in [1.54, 1.807) is 18.6 Å². The number of aromatic carboxylic acids is 1. The van der Waals surface area contributed by atoms with E-state index >= 15 is 0 Å². The van der Waals surface area contributed by atoms with Crippen LogP contribution in [0.5, 0.6) is 0 Å². The van der Waals surface area contributed by atoms with Crippen molar-refractivity contribution < 1.29 is 14.3 Å². The van der Waals surface area contributed by atoms with E-state index in [0.717, 1.165) is 16.3 Å². The van der Waals surface area contributed by atoms with Crippen LogP contribution < -0.4 is 4.90 Å². The number of hydrogen-bond donors (Lipinski definition) is 1. The molecule has 0 bridgehead atoms. The lowest BCUT2D eigenvalue weighted by molar-refractivity contribution is 0.0691. The Morgan fingerprint density at radius 2 is 2.14 bits per heavy atom. The lowest BCUT2D eigenvalue weighted by Crippen LogP contribution is -2.19. The number of furan rings is 1. The summed E-state index contributed by atoms with van der Waals surface area (Å²) in [4.78, 5) is 17.4. The van der Waals surface area contributed by atoms with Crippen LogP contribution in [0.15, 0.2) is 53.3 Å². The molecule has 0 saturated carbocycles. The van der Waals surface area contributed by atoms with Gasteiger partial charge in [0, 0.05) is 24.5 Å². The normalized spacial score (nSPS) is 10.7. The number of anilines is 1. The number of carboxylic acid groups (broad SMARTS) is 1. The predicted molar refractivity (Wildman–Crippen MR) is 79.5 cm³/mol. The predicted octanol–water partition coefficient (Wildman–Crippen LogP) is 3.16. The van der Waals surface area contributed by atoms with E-state index in [9.17, 15) is 9.90 Å². The number of nitrogens with zero attached hydrogens (tertiary/aromatic N) is 2. The Labute approximate surface area is 121 Å². The van der Waals surface area contributed by atoms with Crippen molar-refractivity contribution >= 4 is 22.6 Å². The van der Waals surface area contributed by atoms with Crippen molar-refractivity contribution in [1.29, 1.82) is 0 Å². The number of carbonyl (C=O) groups is 1. The minimum atomic E-state index is -1.03. The second-order valence-corrected chi connectivity index (χ2v) is 4.85. The Balaban J connectivity index is 2.08. The number of benzene rings is 1. The number of pyridine rings is 1. The summed E-state index contributed by atoms with van der Waals surface area (Å²) in [7, 11) is 1.88. The Bertz CT molecular complexity index is 781. The first-order valence-corrected chi connectivity index (χ1v) is 6.50. The van der Waals surface area contributed by atoms with Gasteiger partial charge >= 0.3 is 5.97 Å². The third-order valence-electron chi connectivity index (χ3n) is 3.30. The molecule has 3 aromatic rings. The summed E-state index contributed by atoms with van der Waals surface area (Å²) in [5, 5.41) is 11.0. The van der Waals surface area contributed by atoms with Crippen LogP contribution in [-0.2, 0) is 6.54 Å². The van der Waals surface area contributed by atoms with Crippen LogP contribution in [0.4, 0.5) is 5.82 Å². The lowest BCUT2D eigenvalue weighted by Gasteiger charge is -2.19. The van der Waals surface area contributed by atoms with Crippen molar-refractivity contribution in [3.8, 4) is 0 Å². The molecule has 5 heteroatoms. The molecule has 0 aliphatic rings. The highest BCUT2D eigenvalue weighted by molar-refractivity contribution is 5.97. The molecule has 0 aliphatic heterocycles. The molecule has 1 N–H and O–H groups in total. The minimum absolute atomic E-state index is 0.0442. The van der Waals surface area contributed by atoms with E-state index in [4.69, 9.17) is 4.42 Å². The summed E-state index contributed by atoms with van der Waals surface area (Å²) < 4.78 is 5.06. The molecule has 2 heterocycles. The van der Waals surface area contributed by atoms with Gasteiger partial charge in [0.15, 0.2) is 5.69 Å². The third kappa shape index (κ3) is 2.58. The molecule has 0 unspecified atom stereocenters. The van der Waals surface area contributed by atoms with E-state index in [2.05, 4.69) is 4.98 Å². The van der Waals surface area contributed by atoms with Gasteiger partial charge in [0.2, 0.25) is 0 Å². The fourth-order valence-corrected chi connectivity index (χ4v) is 2.31. The number of hydrogen-bond acceptors (Lipinski definition) is 4. The Morgan fingerprint density at radius 1 is 1.33 bits per heavy atom. The summed E-state index contributed by atoms with van der Waals surface area (Å²) in [5.74, 6) is -0.384. The molecule has 21 heavy (non-hydrogen) atoms. The van der Waals surface area contributed by atoms with E-state index in [0.29, 0.717) is 12.4 Å². The molecule has 0 radical (unpaired) electrons. The molecular formula is C16H14N2O3. The average molecular weight is 282 g/mol. The first-order chi connectivity index (χ1) is 10.1. The smallest absolute Gasteiger partial charge is 0.354 e. The monoisotopic (exact) mass is 282 g/mol. The maximum Gasteiger partial charge on any atom is 0.354 e. The quantitative estimate of drug-likeness (QED) is 0.796. The first kappa shape index (κ1) is 13.2. The molecule has 0 saturated heterocycles. The van der Waals surface area contributed by atoms with E-state index in [1.807, 2.05) is 42.3 Å². The molecule has 0 fully saturated rings. The van der Waals surface area contributed by atoms with Crippen LogP contribution in [-0.4, -0.2) is 23.1 Å². The number of fused-ring (bicyclic) bond motifs is 1. The zero-order valence-corrected chi connectivity index (χ0v) is 11.5. The first-order valence-electron chi connectivity index (χ1n) is 6.50. The Kier molecular flexibility index (Phi) is 3.31. The SMILES string of the molecule is CN(Cc1ccoc1)c1nc(C(=O)O)cc2ccccc12. The molecule has 0 aliphatic carbocycles. The van der Waals surface area contributed by atoms with Gasteiger partial charge in [0.25, 0.3) is 0 Å². The molecule has 0 atom stereocenters. The molecule has 106 valence electrons. The van der Waals surface area contributed by atoms with Crippen LogP contribution in [0.3, 0.4) is 0 Å². The van der Waals surface area contributed by atoms with Gasteiger partial charge in [-0.2, -0.15) is 0 Å². The van der Waals surface area contributed by atoms with Crippen molar-refractivity contribution in [2.45, 2.75) is 6.54 Å². The Morgan fingerprint density at radius 3 is 2.86 bits per heavy atom. The fourth-order valence-electron chi connectivity index (χ4n) is 2.31. The largest absolute Gasteiger partial charge is 0.477 e. The van der Waals surface area contributed by atoms with Gasteiger partial charge in [-0.1, -0.05) is 24.3 Å². The number of rotatable bonds is 4. The van der Waals surface area contributed by atoms with Gasteiger partial charge in [0.05, 0.1) is 12.5 Å². The van der Waals surface area contributed by atoms with Crippen molar-refractivity contribution in [1.82, 2.24) is 4.98 Å². The third-order valence-corrected chi connectivity index (χ3v) is 3.30. The highest BCUT2D eigenvalue weighted by Crippen LogP contribution is 2.26. The second kappa shape index (κ2) is 5.28. The van der Waals surface area contributed by atoms with Gasteiger partial charge < -0.3 is 14.4 Å². The fraction of sp³-hybridized carbons (Fsp3) is 0.125.